The molecule has 0 bridgehead atoms. The predicted molar refractivity (Wildman–Crippen MR) is 108 cm³/mol. The minimum absolute atomic E-state index is 0.0148. The lowest BCUT2D eigenvalue weighted by atomic mass is 9.95. The summed E-state index contributed by atoms with van der Waals surface area (Å²) in [7, 11) is 0. The number of likely N-dealkylation sites (tertiary alicyclic amines) is 1. The molecular weight excluding hydrogens is 352 g/mol. The summed E-state index contributed by atoms with van der Waals surface area (Å²) in [4.78, 5) is 22.6. The summed E-state index contributed by atoms with van der Waals surface area (Å²) in [6.07, 6.45) is 6.01. The first-order valence-electron chi connectivity index (χ1n) is 10.3. The smallest absolute Gasteiger partial charge is 0.326 e. The molecular formula is C22H26N4O2. The second-order valence-corrected chi connectivity index (χ2v) is 7.88. The number of nitrogens with zero attached hydrogens (tertiary/aromatic N) is 3. The Kier molecular flexibility index (Phi) is 4.74. The molecule has 2 aromatic heterocycles. The van der Waals surface area contributed by atoms with Crippen molar-refractivity contribution < 1.29 is 4.74 Å². The average molecular weight is 378 g/mol. The van der Waals surface area contributed by atoms with Crippen molar-refractivity contribution in [3.05, 3.63) is 64.8 Å². The Morgan fingerprint density at radius 3 is 2.64 bits per heavy atom. The SMILES string of the molecule is O=c1[nH]c2ccccc2n1C1CCN(C2CCOC(c3ccccn3)C2)CC1. The van der Waals surface area contributed by atoms with Crippen molar-refractivity contribution in [1.29, 1.82) is 0 Å². The third-order valence-corrected chi connectivity index (χ3v) is 6.28. The van der Waals surface area contributed by atoms with Crippen molar-refractivity contribution in [1.82, 2.24) is 19.4 Å². The van der Waals surface area contributed by atoms with Crippen molar-refractivity contribution >= 4 is 11.0 Å². The van der Waals surface area contributed by atoms with Gasteiger partial charge in [-0.3, -0.25) is 9.55 Å². The van der Waals surface area contributed by atoms with Gasteiger partial charge >= 0.3 is 5.69 Å². The number of para-hydroxylation sites is 2. The number of H-pyrrole nitrogens is 1. The summed E-state index contributed by atoms with van der Waals surface area (Å²) in [6, 6.07) is 14.8. The van der Waals surface area contributed by atoms with Gasteiger partial charge in [0, 0.05) is 38.0 Å². The molecule has 2 atom stereocenters. The first kappa shape index (κ1) is 17.6. The molecule has 146 valence electrons. The molecule has 0 saturated carbocycles. The Bertz CT molecular complexity index is 988. The van der Waals surface area contributed by atoms with Gasteiger partial charge in [-0.25, -0.2) is 4.79 Å². The van der Waals surface area contributed by atoms with Crippen LogP contribution in [0.4, 0.5) is 0 Å². The molecule has 2 aliphatic heterocycles. The number of rotatable bonds is 3. The molecule has 2 saturated heterocycles. The Labute approximate surface area is 164 Å². The number of benzene rings is 1. The van der Waals surface area contributed by atoms with Crippen LogP contribution < -0.4 is 5.69 Å². The van der Waals surface area contributed by atoms with Gasteiger partial charge in [0.1, 0.15) is 6.10 Å². The number of imidazole rings is 1. The Hall–Kier alpha value is -2.44. The van der Waals surface area contributed by atoms with Gasteiger partial charge in [0.2, 0.25) is 0 Å². The van der Waals surface area contributed by atoms with Crippen molar-refractivity contribution in [3.63, 3.8) is 0 Å². The molecule has 0 radical (unpaired) electrons. The van der Waals surface area contributed by atoms with Gasteiger partial charge in [-0.15, -0.1) is 0 Å². The number of fused-ring (bicyclic) bond motifs is 1. The monoisotopic (exact) mass is 378 g/mol. The summed E-state index contributed by atoms with van der Waals surface area (Å²) >= 11 is 0. The highest BCUT2D eigenvalue weighted by Crippen LogP contribution is 2.33. The highest BCUT2D eigenvalue weighted by atomic mass is 16.5. The molecule has 2 unspecified atom stereocenters. The summed E-state index contributed by atoms with van der Waals surface area (Å²) in [6.45, 7) is 2.83. The van der Waals surface area contributed by atoms with E-state index in [1.165, 1.54) is 0 Å². The molecule has 28 heavy (non-hydrogen) atoms. The van der Waals surface area contributed by atoms with E-state index in [2.05, 4.69) is 20.9 Å². The highest BCUT2D eigenvalue weighted by Gasteiger charge is 2.32. The Balaban J connectivity index is 1.27. The van der Waals surface area contributed by atoms with Crippen LogP contribution in [0.2, 0.25) is 0 Å². The van der Waals surface area contributed by atoms with E-state index in [1.807, 2.05) is 47.2 Å². The van der Waals surface area contributed by atoms with Crippen molar-refractivity contribution in [2.45, 2.75) is 43.9 Å². The largest absolute Gasteiger partial charge is 0.372 e. The summed E-state index contributed by atoms with van der Waals surface area (Å²) in [5.74, 6) is 0. The zero-order valence-corrected chi connectivity index (χ0v) is 16.0. The minimum Gasteiger partial charge on any atom is -0.372 e. The van der Waals surface area contributed by atoms with Crippen molar-refractivity contribution in [2.75, 3.05) is 19.7 Å². The number of hydrogen-bond donors (Lipinski definition) is 1. The standard InChI is InChI=1S/C22H26N4O2/c27-22-24-18-5-1-2-7-20(18)26(22)16-8-12-25(13-9-16)17-10-14-28-21(15-17)19-6-3-4-11-23-19/h1-7,11,16-17,21H,8-10,12-15H2,(H,24,27). The maximum absolute atomic E-state index is 12.5. The second kappa shape index (κ2) is 7.53. The van der Waals surface area contributed by atoms with E-state index in [1.54, 1.807) is 0 Å². The average Bonchev–Trinajstić information content (AvgIpc) is 3.10. The minimum atomic E-state index is 0.0148. The van der Waals surface area contributed by atoms with Gasteiger partial charge in [0.15, 0.2) is 0 Å². The maximum atomic E-state index is 12.5. The van der Waals surface area contributed by atoms with Crippen LogP contribution in [0.15, 0.2) is 53.5 Å². The summed E-state index contributed by atoms with van der Waals surface area (Å²) in [5.41, 5.74) is 3.00. The fourth-order valence-electron chi connectivity index (χ4n) is 4.83. The van der Waals surface area contributed by atoms with Crippen molar-refractivity contribution in [3.8, 4) is 0 Å². The Morgan fingerprint density at radius 2 is 1.82 bits per heavy atom. The number of ether oxygens (including phenoxy) is 1. The lowest BCUT2D eigenvalue weighted by Gasteiger charge is -2.41. The molecule has 3 aromatic rings. The molecule has 2 aliphatic rings. The van der Waals surface area contributed by atoms with Gasteiger partial charge in [-0.2, -0.15) is 0 Å². The lowest BCUT2D eigenvalue weighted by Crippen LogP contribution is -2.45. The van der Waals surface area contributed by atoms with E-state index < -0.39 is 0 Å². The topological polar surface area (TPSA) is 63.2 Å². The van der Waals surface area contributed by atoms with E-state index in [9.17, 15) is 4.79 Å². The highest BCUT2D eigenvalue weighted by molar-refractivity contribution is 5.75. The van der Waals surface area contributed by atoms with E-state index >= 15 is 0 Å². The summed E-state index contributed by atoms with van der Waals surface area (Å²) in [5, 5.41) is 0. The van der Waals surface area contributed by atoms with Crippen molar-refractivity contribution in [2.24, 2.45) is 0 Å². The fraction of sp³-hybridized carbons (Fsp3) is 0.455. The molecule has 0 amide bonds. The van der Waals surface area contributed by atoms with E-state index in [4.69, 9.17) is 4.74 Å². The zero-order valence-electron chi connectivity index (χ0n) is 16.0. The number of piperidine rings is 1. The van der Waals surface area contributed by atoms with Crippen LogP contribution in [0.5, 0.6) is 0 Å². The summed E-state index contributed by atoms with van der Waals surface area (Å²) < 4.78 is 7.96. The third-order valence-electron chi connectivity index (χ3n) is 6.28. The van der Waals surface area contributed by atoms with Gasteiger partial charge < -0.3 is 14.6 Å². The molecule has 0 aliphatic carbocycles. The molecule has 1 aromatic carbocycles. The van der Waals surface area contributed by atoms with Gasteiger partial charge in [-0.1, -0.05) is 18.2 Å². The van der Waals surface area contributed by atoms with E-state index in [0.717, 1.165) is 62.1 Å². The van der Waals surface area contributed by atoms with Crippen LogP contribution >= 0.6 is 0 Å². The van der Waals surface area contributed by atoms with Crippen LogP contribution in [0.3, 0.4) is 0 Å². The van der Waals surface area contributed by atoms with Crippen LogP contribution in [0.1, 0.15) is 43.5 Å². The second-order valence-electron chi connectivity index (χ2n) is 7.88. The Morgan fingerprint density at radius 1 is 1.00 bits per heavy atom. The molecule has 1 N–H and O–H groups in total. The maximum Gasteiger partial charge on any atom is 0.326 e. The number of nitrogens with one attached hydrogen (secondary N) is 1. The predicted octanol–water partition coefficient (Wildman–Crippen LogP) is 3.28. The molecule has 2 fully saturated rings. The molecule has 6 heteroatoms. The van der Waals surface area contributed by atoms with Crippen LogP contribution in [0, 0.1) is 0 Å². The fourth-order valence-corrected chi connectivity index (χ4v) is 4.83. The quantitative estimate of drug-likeness (QED) is 0.760. The zero-order chi connectivity index (χ0) is 18.9. The molecule has 5 rings (SSSR count). The first-order valence-corrected chi connectivity index (χ1v) is 10.3. The number of pyridine rings is 1. The van der Waals surface area contributed by atoms with E-state index in [-0.39, 0.29) is 17.8 Å². The van der Waals surface area contributed by atoms with Gasteiger partial charge in [0.25, 0.3) is 0 Å². The molecule has 6 nitrogen and oxygen atoms in total. The van der Waals surface area contributed by atoms with Crippen LogP contribution in [-0.2, 0) is 4.74 Å². The first-order chi connectivity index (χ1) is 13.8. The molecule has 4 heterocycles. The van der Waals surface area contributed by atoms with Gasteiger partial charge in [-0.05, 0) is 49.9 Å². The van der Waals surface area contributed by atoms with Crippen LogP contribution in [-0.4, -0.2) is 45.2 Å². The number of aromatic amines is 1. The number of hydrogen-bond acceptors (Lipinski definition) is 4. The third kappa shape index (κ3) is 3.27. The lowest BCUT2D eigenvalue weighted by molar-refractivity contribution is -0.0364. The number of aromatic nitrogens is 3. The van der Waals surface area contributed by atoms with Crippen LogP contribution in [0.25, 0.3) is 11.0 Å². The van der Waals surface area contributed by atoms with Gasteiger partial charge in [0.05, 0.1) is 16.7 Å². The molecule has 0 spiro atoms. The normalized spacial score (nSPS) is 24.6. The van der Waals surface area contributed by atoms with E-state index in [0.29, 0.717) is 6.04 Å².